The van der Waals surface area contributed by atoms with Crippen LogP contribution in [0.3, 0.4) is 0 Å². The second kappa shape index (κ2) is 6.17. The van der Waals surface area contributed by atoms with Gasteiger partial charge in [-0.1, -0.05) is 38.1 Å². The van der Waals surface area contributed by atoms with Crippen molar-refractivity contribution in [2.45, 2.75) is 19.3 Å². The maximum Gasteiger partial charge on any atom is 0.170 e. The van der Waals surface area contributed by atoms with Crippen molar-refractivity contribution in [2.75, 3.05) is 11.9 Å². The molecule has 4 heteroatoms. The number of hydrogen-bond donors (Lipinski definition) is 2. The van der Waals surface area contributed by atoms with Crippen molar-refractivity contribution in [3.63, 3.8) is 0 Å². The highest BCUT2D eigenvalue weighted by Gasteiger charge is 2.21. The number of anilines is 1. The minimum Gasteiger partial charge on any atom is -0.362 e. The molecule has 19 heavy (non-hydrogen) atoms. The fourth-order valence-corrected chi connectivity index (χ4v) is 2.79. The van der Waals surface area contributed by atoms with Gasteiger partial charge in [-0.2, -0.15) is 0 Å². The van der Waals surface area contributed by atoms with E-state index in [9.17, 15) is 0 Å². The van der Waals surface area contributed by atoms with Crippen molar-refractivity contribution >= 4 is 34.4 Å². The normalized spacial score (nSPS) is 11.1. The largest absolute Gasteiger partial charge is 0.362 e. The molecule has 1 aromatic carbocycles. The molecule has 2 nitrogen and oxygen atoms in total. The zero-order valence-corrected chi connectivity index (χ0v) is 12.8. The molecule has 0 spiro atoms. The summed E-state index contributed by atoms with van der Waals surface area (Å²) in [7, 11) is 0. The highest BCUT2D eigenvalue weighted by molar-refractivity contribution is 7.80. The fraction of sp³-hybridized carbons (Fsp3) is 0.267. The van der Waals surface area contributed by atoms with Gasteiger partial charge in [-0.15, -0.1) is 11.3 Å². The van der Waals surface area contributed by atoms with E-state index in [1.54, 1.807) is 11.3 Å². The van der Waals surface area contributed by atoms with Crippen molar-refractivity contribution in [1.82, 2.24) is 5.32 Å². The lowest BCUT2D eigenvalue weighted by atomic mass is 9.91. The highest BCUT2D eigenvalue weighted by atomic mass is 32.1. The average Bonchev–Trinajstić information content (AvgIpc) is 2.92. The summed E-state index contributed by atoms with van der Waals surface area (Å²) in [6, 6.07) is 14.2. The fourth-order valence-electron chi connectivity index (χ4n) is 1.75. The van der Waals surface area contributed by atoms with Crippen LogP contribution in [0.25, 0.3) is 0 Å². The Labute approximate surface area is 123 Å². The number of rotatable bonds is 4. The molecule has 0 fully saturated rings. The lowest BCUT2D eigenvalue weighted by molar-refractivity contribution is 0.525. The van der Waals surface area contributed by atoms with E-state index in [4.69, 9.17) is 12.2 Å². The molecule has 0 radical (unpaired) electrons. The smallest absolute Gasteiger partial charge is 0.170 e. The van der Waals surface area contributed by atoms with E-state index in [1.165, 1.54) is 4.88 Å². The summed E-state index contributed by atoms with van der Waals surface area (Å²) in [6.07, 6.45) is 0. The molecule has 0 saturated carbocycles. The third-order valence-corrected chi connectivity index (χ3v) is 4.39. The first-order valence-corrected chi connectivity index (χ1v) is 7.50. The SMILES string of the molecule is CC(C)(CNC(=S)Nc1ccccc1)c1cccs1. The van der Waals surface area contributed by atoms with Crippen LogP contribution in [0.15, 0.2) is 47.8 Å². The van der Waals surface area contributed by atoms with Crippen molar-refractivity contribution in [3.05, 3.63) is 52.7 Å². The van der Waals surface area contributed by atoms with Crippen LogP contribution in [0.5, 0.6) is 0 Å². The van der Waals surface area contributed by atoms with Gasteiger partial charge in [-0.3, -0.25) is 0 Å². The van der Waals surface area contributed by atoms with E-state index in [1.807, 2.05) is 30.3 Å². The average molecular weight is 290 g/mol. The van der Waals surface area contributed by atoms with Gasteiger partial charge >= 0.3 is 0 Å². The van der Waals surface area contributed by atoms with Gasteiger partial charge in [0.25, 0.3) is 0 Å². The molecule has 0 unspecified atom stereocenters. The topological polar surface area (TPSA) is 24.1 Å². The third kappa shape index (κ3) is 4.04. The summed E-state index contributed by atoms with van der Waals surface area (Å²) >= 11 is 7.10. The van der Waals surface area contributed by atoms with Crippen LogP contribution in [0.2, 0.25) is 0 Å². The van der Waals surface area contributed by atoms with E-state index in [0.29, 0.717) is 5.11 Å². The Bertz CT molecular complexity index is 518. The number of para-hydroxylation sites is 1. The van der Waals surface area contributed by atoms with Crippen LogP contribution in [-0.2, 0) is 5.41 Å². The van der Waals surface area contributed by atoms with E-state index in [2.05, 4.69) is 42.0 Å². The maximum atomic E-state index is 5.31. The van der Waals surface area contributed by atoms with Gasteiger partial charge in [0, 0.05) is 22.5 Å². The molecule has 2 N–H and O–H groups in total. The first-order chi connectivity index (χ1) is 9.08. The quantitative estimate of drug-likeness (QED) is 0.832. The molecule has 0 saturated heterocycles. The predicted molar refractivity (Wildman–Crippen MR) is 88.0 cm³/mol. The Morgan fingerprint density at radius 1 is 1.16 bits per heavy atom. The lowest BCUT2D eigenvalue weighted by Crippen LogP contribution is -2.38. The molecule has 2 aromatic rings. The highest BCUT2D eigenvalue weighted by Crippen LogP contribution is 2.26. The van der Waals surface area contributed by atoms with Crippen LogP contribution in [0.1, 0.15) is 18.7 Å². The van der Waals surface area contributed by atoms with E-state index >= 15 is 0 Å². The number of benzene rings is 1. The first-order valence-electron chi connectivity index (χ1n) is 6.22. The lowest BCUT2D eigenvalue weighted by Gasteiger charge is -2.24. The summed E-state index contributed by atoms with van der Waals surface area (Å²) in [5.74, 6) is 0. The maximum absolute atomic E-state index is 5.31. The van der Waals surface area contributed by atoms with Gasteiger partial charge in [0.1, 0.15) is 0 Å². The zero-order valence-electron chi connectivity index (χ0n) is 11.1. The minimum absolute atomic E-state index is 0.0800. The van der Waals surface area contributed by atoms with Gasteiger partial charge in [0.2, 0.25) is 0 Å². The minimum atomic E-state index is 0.0800. The van der Waals surface area contributed by atoms with Crippen LogP contribution in [-0.4, -0.2) is 11.7 Å². The summed E-state index contributed by atoms with van der Waals surface area (Å²) in [4.78, 5) is 1.36. The van der Waals surface area contributed by atoms with Gasteiger partial charge < -0.3 is 10.6 Å². The molecule has 1 aromatic heterocycles. The van der Waals surface area contributed by atoms with Crippen LogP contribution in [0.4, 0.5) is 5.69 Å². The number of thiocarbonyl (C=S) groups is 1. The van der Waals surface area contributed by atoms with E-state index < -0.39 is 0 Å². The molecule has 0 aliphatic carbocycles. The third-order valence-electron chi connectivity index (χ3n) is 2.91. The molecule has 100 valence electrons. The first kappa shape index (κ1) is 14.0. The molecule has 0 bridgehead atoms. The molecule has 2 rings (SSSR count). The molecular weight excluding hydrogens is 272 g/mol. The second-order valence-electron chi connectivity index (χ2n) is 5.03. The Hall–Kier alpha value is -1.39. The summed E-state index contributed by atoms with van der Waals surface area (Å²) in [5, 5.41) is 9.24. The van der Waals surface area contributed by atoms with E-state index in [-0.39, 0.29) is 5.41 Å². The molecule has 0 amide bonds. The summed E-state index contributed by atoms with van der Waals surface area (Å²) in [6.45, 7) is 5.25. The van der Waals surface area contributed by atoms with Crippen molar-refractivity contribution < 1.29 is 0 Å². The Morgan fingerprint density at radius 2 is 1.89 bits per heavy atom. The van der Waals surface area contributed by atoms with Crippen LogP contribution < -0.4 is 10.6 Å². The molecule has 0 aliphatic heterocycles. The number of hydrogen-bond acceptors (Lipinski definition) is 2. The van der Waals surface area contributed by atoms with Crippen molar-refractivity contribution in [1.29, 1.82) is 0 Å². The number of thiophene rings is 1. The zero-order chi connectivity index (χ0) is 13.7. The molecule has 1 heterocycles. The molecule has 0 aliphatic rings. The van der Waals surface area contributed by atoms with Crippen LogP contribution >= 0.6 is 23.6 Å². The van der Waals surface area contributed by atoms with Gasteiger partial charge in [0.15, 0.2) is 5.11 Å². The Kier molecular flexibility index (Phi) is 4.56. The Morgan fingerprint density at radius 3 is 2.53 bits per heavy atom. The number of nitrogens with one attached hydrogen (secondary N) is 2. The van der Waals surface area contributed by atoms with Crippen molar-refractivity contribution in [2.24, 2.45) is 0 Å². The van der Waals surface area contributed by atoms with E-state index in [0.717, 1.165) is 12.2 Å². The molecular formula is C15H18N2S2. The summed E-state index contributed by atoms with van der Waals surface area (Å²) < 4.78 is 0. The van der Waals surface area contributed by atoms with Gasteiger partial charge in [-0.25, -0.2) is 0 Å². The predicted octanol–water partition coefficient (Wildman–Crippen LogP) is 4.01. The monoisotopic (exact) mass is 290 g/mol. The van der Waals surface area contributed by atoms with Crippen LogP contribution in [0, 0.1) is 0 Å². The Balaban J connectivity index is 1.87. The second-order valence-corrected chi connectivity index (χ2v) is 6.39. The van der Waals surface area contributed by atoms with Gasteiger partial charge in [0.05, 0.1) is 0 Å². The van der Waals surface area contributed by atoms with Gasteiger partial charge in [-0.05, 0) is 35.8 Å². The summed E-state index contributed by atoms with van der Waals surface area (Å²) in [5.41, 5.74) is 1.09. The standard InChI is InChI=1S/C15H18N2S2/c1-15(2,13-9-6-10-19-13)11-16-14(18)17-12-7-4-3-5-8-12/h3-10H,11H2,1-2H3,(H2,16,17,18). The van der Waals surface area contributed by atoms with Crippen molar-refractivity contribution in [3.8, 4) is 0 Å². The molecule has 0 atom stereocenters.